The van der Waals surface area contributed by atoms with Gasteiger partial charge in [-0.1, -0.05) is 30.3 Å². The van der Waals surface area contributed by atoms with Gasteiger partial charge in [0.15, 0.2) is 0 Å². The highest BCUT2D eigenvalue weighted by molar-refractivity contribution is 5.67. The summed E-state index contributed by atoms with van der Waals surface area (Å²) < 4.78 is 87.5. The average Bonchev–Trinajstić information content (AvgIpc) is 2.92. The second kappa shape index (κ2) is 11.6. The Labute approximate surface area is 226 Å². The van der Waals surface area contributed by atoms with Crippen LogP contribution in [0.3, 0.4) is 0 Å². The Morgan fingerprint density at radius 1 is 0.975 bits per heavy atom. The first-order valence-corrected chi connectivity index (χ1v) is 12.3. The summed E-state index contributed by atoms with van der Waals surface area (Å²) in [6.45, 7) is -0.163. The van der Waals surface area contributed by atoms with Gasteiger partial charge in [-0.05, 0) is 77.4 Å². The zero-order valence-corrected chi connectivity index (χ0v) is 21.0. The lowest BCUT2D eigenvalue weighted by molar-refractivity contribution is -0.139. The standard InChI is InChI=1S/C29H24F6N2O3/c30-28(31,32)23-12-20(11-22(14-23)21-7-5-18(15-36)6-8-21)17-40-16-19-9-10-37(27(38)39)26(13-19)24-3-1-2-4-25(24)29(33,34)35/h1-8,11-12,14,19,26H,9-10,13,16-17H2,(H,38,39)/t19-,26?/m0/s1. The molecule has 1 fully saturated rings. The molecule has 2 atom stereocenters. The van der Waals surface area contributed by atoms with Crippen molar-refractivity contribution in [3.8, 4) is 17.2 Å². The Hall–Kier alpha value is -4.04. The number of halogens is 6. The number of piperidine rings is 1. The topological polar surface area (TPSA) is 73.6 Å². The van der Waals surface area contributed by atoms with E-state index in [-0.39, 0.29) is 48.8 Å². The van der Waals surface area contributed by atoms with Crippen molar-refractivity contribution in [1.82, 2.24) is 4.90 Å². The second-order valence-electron chi connectivity index (χ2n) is 9.59. The van der Waals surface area contributed by atoms with Crippen molar-refractivity contribution in [1.29, 1.82) is 5.26 Å². The molecule has 1 aliphatic rings. The highest BCUT2D eigenvalue weighted by Gasteiger charge is 2.40. The van der Waals surface area contributed by atoms with Gasteiger partial charge < -0.3 is 14.7 Å². The minimum absolute atomic E-state index is 0.00732. The molecule has 0 spiro atoms. The van der Waals surface area contributed by atoms with E-state index in [1.165, 1.54) is 30.3 Å². The molecule has 1 amide bonds. The number of nitriles is 1. The van der Waals surface area contributed by atoms with Gasteiger partial charge in [-0.25, -0.2) is 4.79 Å². The lowest BCUT2D eigenvalue weighted by Gasteiger charge is -2.39. The number of hydrogen-bond donors (Lipinski definition) is 1. The number of rotatable bonds is 6. The van der Waals surface area contributed by atoms with E-state index in [2.05, 4.69) is 0 Å². The third-order valence-corrected chi connectivity index (χ3v) is 6.87. The Morgan fingerprint density at radius 3 is 2.30 bits per heavy atom. The quantitative estimate of drug-likeness (QED) is 0.310. The molecule has 1 aliphatic heterocycles. The van der Waals surface area contributed by atoms with Crippen molar-refractivity contribution in [2.45, 2.75) is 37.8 Å². The van der Waals surface area contributed by atoms with Crippen molar-refractivity contribution in [2.24, 2.45) is 5.92 Å². The number of carbonyl (C=O) groups is 1. The Kier molecular flexibility index (Phi) is 8.40. The van der Waals surface area contributed by atoms with E-state index in [4.69, 9.17) is 10.00 Å². The zero-order chi connectivity index (χ0) is 29.1. The van der Waals surface area contributed by atoms with Crippen molar-refractivity contribution in [2.75, 3.05) is 13.2 Å². The van der Waals surface area contributed by atoms with Gasteiger partial charge in [0, 0.05) is 13.2 Å². The van der Waals surface area contributed by atoms with Gasteiger partial charge in [0.2, 0.25) is 0 Å². The third kappa shape index (κ3) is 6.74. The Bertz CT molecular complexity index is 1400. The van der Waals surface area contributed by atoms with E-state index in [1.807, 2.05) is 6.07 Å². The van der Waals surface area contributed by atoms with Gasteiger partial charge in [0.1, 0.15) is 0 Å². The number of benzene rings is 3. The van der Waals surface area contributed by atoms with Crippen LogP contribution in [0.5, 0.6) is 0 Å². The largest absolute Gasteiger partial charge is 0.465 e. The fraction of sp³-hybridized carbons (Fsp3) is 0.310. The summed E-state index contributed by atoms with van der Waals surface area (Å²) in [5.74, 6) is -0.314. The number of ether oxygens (including phenoxy) is 1. The highest BCUT2D eigenvalue weighted by atomic mass is 19.4. The molecule has 0 aliphatic carbocycles. The van der Waals surface area contributed by atoms with E-state index >= 15 is 0 Å². The molecular weight excluding hydrogens is 538 g/mol. The first-order valence-electron chi connectivity index (χ1n) is 12.3. The Balaban J connectivity index is 1.51. The van der Waals surface area contributed by atoms with Gasteiger partial charge in [-0.2, -0.15) is 31.6 Å². The summed E-state index contributed by atoms with van der Waals surface area (Å²) in [5, 5.41) is 18.6. The number of nitrogens with zero attached hydrogens (tertiary/aromatic N) is 2. The highest BCUT2D eigenvalue weighted by Crippen LogP contribution is 2.41. The van der Waals surface area contributed by atoms with E-state index in [9.17, 15) is 36.2 Å². The molecule has 0 aromatic heterocycles. The predicted molar refractivity (Wildman–Crippen MR) is 133 cm³/mol. The number of carboxylic acid groups (broad SMARTS) is 1. The molecule has 4 rings (SSSR count). The lowest BCUT2D eigenvalue weighted by Crippen LogP contribution is -2.41. The molecule has 0 saturated carbocycles. The summed E-state index contributed by atoms with van der Waals surface area (Å²) in [6.07, 6.45) is -10.2. The second-order valence-corrected chi connectivity index (χ2v) is 9.59. The summed E-state index contributed by atoms with van der Waals surface area (Å²) in [4.78, 5) is 12.8. The van der Waals surface area contributed by atoms with E-state index in [0.717, 1.165) is 23.1 Å². The maximum atomic E-state index is 13.6. The number of alkyl halides is 6. The molecule has 40 heavy (non-hydrogen) atoms. The summed E-state index contributed by atoms with van der Waals surface area (Å²) >= 11 is 0. The molecule has 210 valence electrons. The molecule has 5 nitrogen and oxygen atoms in total. The van der Waals surface area contributed by atoms with Crippen LogP contribution in [0.4, 0.5) is 31.1 Å². The molecule has 0 bridgehead atoms. The van der Waals surface area contributed by atoms with Crippen LogP contribution in [0.2, 0.25) is 0 Å². The normalized spacial score (nSPS) is 17.9. The van der Waals surface area contributed by atoms with Crippen molar-refractivity contribution >= 4 is 6.09 Å². The summed E-state index contributed by atoms with van der Waals surface area (Å²) in [7, 11) is 0. The van der Waals surface area contributed by atoms with Crippen LogP contribution in [0, 0.1) is 17.2 Å². The van der Waals surface area contributed by atoms with Crippen LogP contribution >= 0.6 is 0 Å². The zero-order valence-electron chi connectivity index (χ0n) is 21.0. The Morgan fingerprint density at radius 2 is 1.68 bits per heavy atom. The van der Waals surface area contributed by atoms with Crippen LogP contribution in [0.15, 0.2) is 66.7 Å². The van der Waals surface area contributed by atoms with Crippen molar-refractivity contribution < 1.29 is 41.0 Å². The average molecular weight is 563 g/mol. The minimum atomic E-state index is -4.67. The molecule has 3 aromatic carbocycles. The smallest absolute Gasteiger partial charge is 0.416 e. The molecule has 1 N–H and O–H groups in total. The fourth-order valence-electron chi connectivity index (χ4n) is 4.95. The van der Waals surface area contributed by atoms with Gasteiger partial charge in [-0.3, -0.25) is 0 Å². The van der Waals surface area contributed by atoms with Crippen molar-refractivity contribution in [3.63, 3.8) is 0 Å². The molecule has 3 aromatic rings. The maximum Gasteiger partial charge on any atom is 0.416 e. The maximum absolute atomic E-state index is 13.6. The summed E-state index contributed by atoms with van der Waals surface area (Å²) in [6, 6.07) is 15.4. The molecule has 1 unspecified atom stereocenters. The predicted octanol–water partition coefficient (Wildman–Crippen LogP) is 7.91. The van der Waals surface area contributed by atoms with Crippen LogP contribution in [0.1, 0.15) is 46.7 Å². The molecular formula is C29H24F6N2O3. The monoisotopic (exact) mass is 562 g/mol. The first kappa shape index (κ1) is 29.0. The minimum Gasteiger partial charge on any atom is -0.465 e. The number of hydrogen-bond acceptors (Lipinski definition) is 3. The molecule has 11 heteroatoms. The first-order chi connectivity index (χ1) is 18.9. The van der Waals surface area contributed by atoms with Crippen LogP contribution in [-0.2, 0) is 23.7 Å². The molecule has 1 saturated heterocycles. The number of amides is 1. The number of likely N-dealkylation sites (tertiary alicyclic amines) is 1. The van der Waals surface area contributed by atoms with Gasteiger partial charge in [0.25, 0.3) is 0 Å². The molecule has 1 heterocycles. The van der Waals surface area contributed by atoms with Crippen molar-refractivity contribution in [3.05, 3.63) is 94.5 Å². The third-order valence-electron chi connectivity index (χ3n) is 6.87. The van der Waals surface area contributed by atoms with Gasteiger partial charge in [-0.15, -0.1) is 0 Å². The summed E-state index contributed by atoms with van der Waals surface area (Å²) in [5.41, 5.74) is -0.540. The van der Waals surface area contributed by atoms with Gasteiger partial charge >= 0.3 is 18.4 Å². The SMILES string of the molecule is N#Cc1ccc(-c2cc(COC[C@H]3CCN(C(=O)O)C(c4ccccc4C(F)(F)F)C3)cc(C(F)(F)F)c2)cc1. The van der Waals surface area contributed by atoms with Gasteiger partial charge in [0.05, 0.1) is 35.4 Å². The van der Waals surface area contributed by atoms with E-state index in [0.29, 0.717) is 17.5 Å². The molecule has 0 radical (unpaired) electrons. The fourth-order valence-corrected chi connectivity index (χ4v) is 4.95. The van der Waals surface area contributed by atoms with Crippen LogP contribution < -0.4 is 0 Å². The van der Waals surface area contributed by atoms with Crippen LogP contribution in [0.25, 0.3) is 11.1 Å². The van der Waals surface area contributed by atoms with Crippen LogP contribution in [-0.4, -0.2) is 29.3 Å². The van der Waals surface area contributed by atoms with E-state index in [1.54, 1.807) is 18.2 Å². The lowest BCUT2D eigenvalue weighted by atomic mass is 9.86. The van der Waals surface area contributed by atoms with E-state index < -0.39 is 35.6 Å².